The summed E-state index contributed by atoms with van der Waals surface area (Å²) in [5.41, 5.74) is 6.66. The highest BCUT2D eigenvalue weighted by atomic mass is 16.4. The molecule has 2 aromatic rings. The van der Waals surface area contributed by atoms with Crippen LogP contribution in [0.3, 0.4) is 0 Å². The number of nitrogens with two attached hydrogens (primary N) is 1. The van der Waals surface area contributed by atoms with E-state index < -0.39 is 0 Å². The van der Waals surface area contributed by atoms with Crippen molar-refractivity contribution in [1.29, 1.82) is 0 Å². The van der Waals surface area contributed by atoms with Gasteiger partial charge in [0.15, 0.2) is 0 Å². The number of aromatic nitrogens is 1. The van der Waals surface area contributed by atoms with Crippen LogP contribution in [0.2, 0.25) is 0 Å². The van der Waals surface area contributed by atoms with E-state index in [1.54, 1.807) is 42.6 Å². The maximum Gasteiger partial charge on any atom is 0.257 e. The molecule has 1 aromatic heterocycles. The number of hydrogen-bond acceptors (Lipinski definition) is 4. The van der Waals surface area contributed by atoms with Gasteiger partial charge in [-0.3, -0.25) is 10.1 Å². The summed E-state index contributed by atoms with van der Waals surface area (Å²) >= 11 is 0. The number of amides is 1. The third-order valence-electron chi connectivity index (χ3n) is 2.44. The number of nitrogens with zero attached hydrogens (tertiary/aromatic N) is 3. The summed E-state index contributed by atoms with van der Waals surface area (Å²) in [6.45, 7) is 0. The Bertz CT molecular complexity index is 646. The van der Waals surface area contributed by atoms with E-state index in [0.717, 1.165) is 0 Å². The monoisotopic (exact) mass is 271 g/mol. The zero-order valence-electron chi connectivity index (χ0n) is 10.5. The largest absolute Gasteiger partial charge is 0.411 e. The van der Waals surface area contributed by atoms with Gasteiger partial charge in [0.1, 0.15) is 0 Å². The molecular formula is C13H13N5O2. The van der Waals surface area contributed by atoms with Crippen molar-refractivity contribution >= 4 is 18.1 Å². The van der Waals surface area contributed by atoms with Crippen LogP contribution in [0.25, 0.3) is 0 Å². The summed E-state index contributed by atoms with van der Waals surface area (Å²) in [6, 6.07) is 12.0. The predicted molar refractivity (Wildman–Crippen MR) is 74.7 cm³/mol. The maximum atomic E-state index is 11.8. The SMILES string of the molecule is NC(=Nn1cccc1C=NO)NC(=O)c1ccccc1. The summed E-state index contributed by atoms with van der Waals surface area (Å²) < 4.78 is 1.38. The molecular weight excluding hydrogens is 258 g/mol. The van der Waals surface area contributed by atoms with E-state index >= 15 is 0 Å². The first-order valence-corrected chi connectivity index (χ1v) is 5.76. The third-order valence-corrected chi connectivity index (χ3v) is 2.44. The number of nitrogens with one attached hydrogen (secondary N) is 1. The van der Waals surface area contributed by atoms with Gasteiger partial charge in [-0.05, 0) is 24.3 Å². The first-order chi connectivity index (χ1) is 9.70. The van der Waals surface area contributed by atoms with Gasteiger partial charge in [0, 0.05) is 11.8 Å². The molecule has 1 heterocycles. The molecule has 7 nitrogen and oxygen atoms in total. The van der Waals surface area contributed by atoms with Gasteiger partial charge in [-0.1, -0.05) is 23.4 Å². The molecule has 0 aliphatic rings. The fourth-order valence-electron chi connectivity index (χ4n) is 1.56. The minimum atomic E-state index is -0.351. The van der Waals surface area contributed by atoms with Crippen LogP contribution in [0.4, 0.5) is 0 Å². The first-order valence-electron chi connectivity index (χ1n) is 5.76. The van der Waals surface area contributed by atoms with Gasteiger partial charge in [-0.25, -0.2) is 4.68 Å². The van der Waals surface area contributed by atoms with E-state index in [2.05, 4.69) is 15.6 Å². The fraction of sp³-hybridized carbons (Fsp3) is 0. The number of carbonyl (C=O) groups excluding carboxylic acids is 1. The lowest BCUT2D eigenvalue weighted by atomic mass is 10.2. The van der Waals surface area contributed by atoms with Crippen LogP contribution in [0.5, 0.6) is 0 Å². The van der Waals surface area contributed by atoms with Crippen LogP contribution in [0.15, 0.2) is 58.9 Å². The normalized spacial score (nSPS) is 11.7. The minimum Gasteiger partial charge on any atom is -0.411 e. The highest BCUT2D eigenvalue weighted by molar-refractivity contribution is 6.05. The van der Waals surface area contributed by atoms with Crippen molar-refractivity contribution in [3.05, 3.63) is 59.9 Å². The van der Waals surface area contributed by atoms with Crippen LogP contribution in [-0.2, 0) is 0 Å². The van der Waals surface area contributed by atoms with Crippen LogP contribution >= 0.6 is 0 Å². The summed E-state index contributed by atoms with van der Waals surface area (Å²) in [7, 11) is 0. The average Bonchev–Trinajstić information content (AvgIpc) is 2.87. The lowest BCUT2D eigenvalue weighted by Gasteiger charge is -2.05. The van der Waals surface area contributed by atoms with Gasteiger partial charge in [0.2, 0.25) is 5.96 Å². The Balaban J connectivity index is 2.11. The Hall–Kier alpha value is -3.09. The summed E-state index contributed by atoms with van der Waals surface area (Å²) in [5, 5.41) is 17.9. The number of oxime groups is 1. The number of hydrogen-bond donors (Lipinski definition) is 3. The number of rotatable bonds is 3. The highest BCUT2D eigenvalue weighted by Crippen LogP contribution is 1.99. The van der Waals surface area contributed by atoms with Crippen molar-refractivity contribution in [2.75, 3.05) is 0 Å². The summed E-state index contributed by atoms with van der Waals surface area (Å²) in [5.74, 6) is -0.418. The van der Waals surface area contributed by atoms with E-state index in [1.807, 2.05) is 6.07 Å². The molecule has 0 saturated carbocycles. The molecule has 7 heteroatoms. The summed E-state index contributed by atoms with van der Waals surface area (Å²) in [4.78, 5) is 11.8. The number of carbonyl (C=O) groups is 1. The van der Waals surface area contributed by atoms with Crippen molar-refractivity contribution in [2.24, 2.45) is 16.0 Å². The van der Waals surface area contributed by atoms with Gasteiger partial charge in [0.05, 0.1) is 11.9 Å². The van der Waals surface area contributed by atoms with Crippen molar-refractivity contribution in [2.45, 2.75) is 0 Å². The third kappa shape index (κ3) is 3.22. The smallest absolute Gasteiger partial charge is 0.257 e. The molecule has 2 rings (SSSR count). The quantitative estimate of drug-likeness (QED) is 0.333. The lowest BCUT2D eigenvalue weighted by Crippen LogP contribution is -2.37. The van der Waals surface area contributed by atoms with E-state index in [0.29, 0.717) is 11.3 Å². The Morgan fingerprint density at radius 2 is 2.00 bits per heavy atom. The zero-order valence-corrected chi connectivity index (χ0v) is 10.5. The van der Waals surface area contributed by atoms with E-state index in [1.165, 1.54) is 10.9 Å². The van der Waals surface area contributed by atoms with Gasteiger partial charge in [0.25, 0.3) is 5.91 Å². The van der Waals surface area contributed by atoms with Crippen molar-refractivity contribution in [3.63, 3.8) is 0 Å². The van der Waals surface area contributed by atoms with Crippen LogP contribution in [0, 0.1) is 0 Å². The molecule has 102 valence electrons. The molecule has 0 radical (unpaired) electrons. The standard InChI is InChI=1S/C13H13N5O2/c14-13(16-12(19)10-5-2-1-3-6-10)17-18-8-4-7-11(18)9-15-20/h1-9,20H,(H3,14,16,17,19). The average molecular weight is 271 g/mol. The molecule has 0 saturated heterocycles. The van der Waals surface area contributed by atoms with Crippen LogP contribution in [-0.4, -0.2) is 28.0 Å². The maximum absolute atomic E-state index is 11.8. The van der Waals surface area contributed by atoms with E-state index in [4.69, 9.17) is 10.9 Å². The second kappa shape index (κ2) is 6.19. The number of benzene rings is 1. The second-order valence-electron chi connectivity index (χ2n) is 3.83. The molecule has 1 amide bonds. The molecule has 20 heavy (non-hydrogen) atoms. The topological polar surface area (TPSA) is 105 Å². The molecule has 0 spiro atoms. The molecule has 4 N–H and O–H groups in total. The van der Waals surface area contributed by atoms with Crippen LogP contribution < -0.4 is 11.1 Å². The molecule has 0 unspecified atom stereocenters. The molecule has 0 aliphatic carbocycles. The molecule has 0 atom stereocenters. The van der Waals surface area contributed by atoms with Gasteiger partial charge in [-0.15, -0.1) is 5.10 Å². The molecule has 0 fully saturated rings. The second-order valence-corrected chi connectivity index (χ2v) is 3.83. The first kappa shape index (κ1) is 13.3. The van der Waals surface area contributed by atoms with Crippen molar-refractivity contribution in [3.8, 4) is 0 Å². The van der Waals surface area contributed by atoms with Crippen LogP contribution in [0.1, 0.15) is 16.1 Å². The Morgan fingerprint density at radius 1 is 1.25 bits per heavy atom. The predicted octanol–water partition coefficient (Wildman–Crippen LogP) is 0.804. The fourth-order valence-corrected chi connectivity index (χ4v) is 1.56. The van der Waals surface area contributed by atoms with E-state index in [9.17, 15) is 4.79 Å². The van der Waals surface area contributed by atoms with E-state index in [-0.39, 0.29) is 11.9 Å². The Kier molecular flexibility index (Phi) is 4.13. The van der Waals surface area contributed by atoms with Crippen molar-refractivity contribution in [1.82, 2.24) is 9.99 Å². The summed E-state index contributed by atoms with van der Waals surface area (Å²) in [6.07, 6.45) is 2.81. The Labute approximate surface area is 115 Å². The Morgan fingerprint density at radius 3 is 2.70 bits per heavy atom. The van der Waals surface area contributed by atoms with Crippen molar-refractivity contribution < 1.29 is 10.0 Å². The molecule has 0 aliphatic heterocycles. The van der Waals surface area contributed by atoms with Gasteiger partial charge >= 0.3 is 0 Å². The van der Waals surface area contributed by atoms with Gasteiger partial charge < -0.3 is 10.9 Å². The minimum absolute atomic E-state index is 0.0670. The zero-order chi connectivity index (χ0) is 14.4. The highest BCUT2D eigenvalue weighted by Gasteiger charge is 2.06. The molecule has 0 bridgehead atoms. The lowest BCUT2D eigenvalue weighted by molar-refractivity contribution is 0.0976. The molecule has 1 aromatic carbocycles. The number of guanidine groups is 1. The van der Waals surface area contributed by atoms with Gasteiger partial charge in [-0.2, -0.15) is 0 Å².